The van der Waals surface area contributed by atoms with Crippen molar-refractivity contribution < 1.29 is 14.6 Å². The maximum absolute atomic E-state index is 11.0. The molecule has 3 atom stereocenters. The summed E-state index contributed by atoms with van der Waals surface area (Å²) in [6.07, 6.45) is 5.66. The minimum Gasteiger partial charge on any atom is -0.479 e. The molecule has 3 heteroatoms. The van der Waals surface area contributed by atoms with E-state index in [-0.39, 0.29) is 5.92 Å². The fourth-order valence-electron chi connectivity index (χ4n) is 2.38. The van der Waals surface area contributed by atoms with Gasteiger partial charge in [-0.25, -0.2) is 4.79 Å². The van der Waals surface area contributed by atoms with Gasteiger partial charge in [-0.2, -0.15) is 0 Å². The number of hydrogen-bond donors (Lipinski definition) is 1. The third kappa shape index (κ3) is 0.771. The van der Waals surface area contributed by atoms with Gasteiger partial charge in [0.2, 0.25) is 0 Å². The van der Waals surface area contributed by atoms with E-state index < -0.39 is 11.6 Å². The van der Waals surface area contributed by atoms with Gasteiger partial charge in [0.25, 0.3) is 0 Å². The number of rotatable bonds is 2. The zero-order valence-corrected chi connectivity index (χ0v) is 6.99. The molecule has 0 aliphatic heterocycles. The molecule has 2 aliphatic rings. The van der Waals surface area contributed by atoms with Crippen molar-refractivity contribution in [2.24, 2.45) is 11.8 Å². The van der Waals surface area contributed by atoms with Gasteiger partial charge < -0.3 is 9.84 Å². The molecule has 0 aromatic rings. The van der Waals surface area contributed by atoms with E-state index in [4.69, 9.17) is 9.84 Å². The van der Waals surface area contributed by atoms with E-state index in [0.717, 1.165) is 6.42 Å². The topological polar surface area (TPSA) is 46.5 Å². The summed E-state index contributed by atoms with van der Waals surface area (Å²) in [6.45, 7) is 0. The molecule has 1 N–H and O–H groups in total. The van der Waals surface area contributed by atoms with Crippen LogP contribution in [0.4, 0.5) is 0 Å². The summed E-state index contributed by atoms with van der Waals surface area (Å²) in [4.78, 5) is 11.0. The molecule has 1 saturated carbocycles. The maximum Gasteiger partial charge on any atom is 0.336 e. The molecular formula is C9H12O3. The third-order valence-electron chi connectivity index (χ3n) is 3.06. The lowest BCUT2D eigenvalue weighted by molar-refractivity contribution is -0.165. The van der Waals surface area contributed by atoms with Gasteiger partial charge in [-0.1, -0.05) is 12.2 Å². The Morgan fingerprint density at radius 2 is 2.42 bits per heavy atom. The number of hydrogen-bond acceptors (Lipinski definition) is 2. The summed E-state index contributed by atoms with van der Waals surface area (Å²) < 4.78 is 5.14. The van der Waals surface area contributed by atoms with Gasteiger partial charge >= 0.3 is 5.97 Å². The van der Waals surface area contributed by atoms with E-state index in [9.17, 15) is 4.79 Å². The zero-order chi connectivity index (χ0) is 8.77. The first kappa shape index (κ1) is 7.80. The van der Waals surface area contributed by atoms with E-state index >= 15 is 0 Å². The third-order valence-corrected chi connectivity index (χ3v) is 3.06. The number of allylic oxidation sites excluding steroid dienone is 1. The quantitative estimate of drug-likeness (QED) is 0.627. The van der Waals surface area contributed by atoms with Gasteiger partial charge in [0.05, 0.1) is 0 Å². The van der Waals surface area contributed by atoms with Crippen LogP contribution in [0.1, 0.15) is 12.8 Å². The van der Waals surface area contributed by atoms with Crippen molar-refractivity contribution in [1.82, 2.24) is 0 Å². The Morgan fingerprint density at radius 1 is 1.67 bits per heavy atom. The van der Waals surface area contributed by atoms with E-state index in [1.165, 1.54) is 7.11 Å². The lowest BCUT2D eigenvalue weighted by Crippen LogP contribution is -2.44. The number of fused-ring (bicyclic) bond motifs is 2. The second-order valence-corrected chi connectivity index (χ2v) is 3.59. The Bertz CT molecular complexity index is 246. The van der Waals surface area contributed by atoms with Gasteiger partial charge in [0.1, 0.15) is 0 Å². The van der Waals surface area contributed by atoms with Crippen molar-refractivity contribution in [2.75, 3.05) is 7.11 Å². The molecule has 0 radical (unpaired) electrons. The normalized spacial score (nSPS) is 43.8. The zero-order valence-electron chi connectivity index (χ0n) is 6.99. The summed E-state index contributed by atoms with van der Waals surface area (Å²) in [5.41, 5.74) is -0.917. The smallest absolute Gasteiger partial charge is 0.336 e. The first-order chi connectivity index (χ1) is 5.69. The second kappa shape index (κ2) is 2.33. The van der Waals surface area contributed by atoms with Crippen LogP contribution in [0.3, 0.4) is 0 Å². The number of aliphatic carboxylic acids is 1. The van der Waals surface area contributed by atoms with Crippen molar-refractivity contribution in [3.05, 3.63) is 12.2 Å². The minimum atomic E-state index is -0.917. The Labute approximate surface area is 71.0 Å². The van der Waals surface area contributed by atoms with E-state index in [1.54, 1.807) is 0 Å². The molecular weight excluding hydrogens is 156 g/mol. The molecule has 3 unspecified atom stereocenters. The van der Waals surface area contributed by atoms with Gasteiger partial charge in [-0.05, 0) is 18.8 Å². The van der Waals surface area contributed by atoms with E-state index in [0.29, 0.717) is 12.3 Å². The number of carbonyl (C=O) groups is 1. The Hall–Kier alpha value is -0.830. The predicted molar refractivity (Wildman–Crippen MR) is 42.7 cm³/mol. The van der Waals surface area contributed by atoms with Crippen molar-refractivity contribution in [2.45, 2.75) is 18.4 Å². The largest absolute Gasteiger partial charge is 0.479 e. The van der Waals surface area contributed by atoms with Crippen LogP contribution in [0.25, 0.3) is 0 Å². The molecule has 0 amide bonds. The summed E-state index contributed by atoms with van der Waals surface area (Å²) >= 11 is 0. The van der Waals surface area contributed by atoms with Crippen LogP contribution in [0.5, 0.6) is 0 Å². The molecule has 1 fully saturated rings. The molecule has 3 nitrogen and oxygen atoms in total. The van der Waals surface area contributed by atoms with Crippen molar-refractivity contribution in [3.8, 4) is 0 Å². The molecule has 0 heterocycles. The standard InChI is InChI=1S/C9H12O3/c1-12-9(8(10)11)5-6-2-3-7(9)4-6/h2-3,6-7H,4-5H2,1H3,(H,10,11). The monoisotopic (exact) mass is 168 g/mol. The number of carboxylic acids is 1. The maximum atomic E-state index is 11.0. The SMILES string of the molecule is COC1(C(=O)O)CC2C=CC1C2. The van der Waals surface area contributed by atoms with Gasteiger partial charge in [-0.3, -0.25) is 0 Å². The highest BCUT2D eigenvalue weighted by atomic mass is 16.5. The van der Waals surface area contributed by atoms with Gasteiger partial charge in [0.15, 0.2) is 5.60 Å². The van der Waals surface area contributed by atoms with Crippen LogP contribution in [0.2, 0.25) is 0 Å². The number of methoxy groups -OCH3 is 1. The second-order valence-electron chi connectivity index (χ2n) is 3.59. The van der Waals surface area contributed by atoms with Crippen molar-refractivity contribution in [1.29, 1.82) is 0 Å². The fraction of sp³-hybridized carbons (Fsp3) is 0.667. The molecule has 0 saturated heterocycles. The molecule has 0 spiro atoms. The number of carboxylic acid groups (broad SMARTS) is 1. The van der Waals surface area contributed by atoms with Gasteiger partial charge in [0, 0.05) is 13.0 Å². The number of ether oxygens (including phenoxy) is 1. The van der Waals surface area contributed by atoms with E-state index in [1.807, 2.05) is 6.08 Å². The van der Waals surface area contributed by atoms with Crippen LogP contribution in [-0.2, 0) is 9.53 Å². The molecule has 66 valence electrons. The van der Waals surface area contributed by atoms with Crippen LogP contribution in [-0.4, -0.2) is 23.8 Å². The summed E-state index contributed by atoms with van der Waals surface area (Å²) in [5, 5.41) is 9.03. The molecule has 2 rings (SSSR count). The summed E-state index contributed by atoms with van der Waals surface area (Å²) in [6, 6.07) is 0. The predicted octanol–water partition coefficient (Wildman–Crippen LogP) is 1.05. The summed E-state index contributed by atoms with van der Waals surface area (Å²) in [5.74, 6) is -0.308. The van der Waals surface area contributed by atoms with Crippen molar-refractivity contribution in [3.63, 3.8) is 0 Å². The fourth-order valence-corrected chi connectivity index (χ4v) is 2.38. The van der Waals surface area contributed by atoms with Crippen molar-refractivity contribution >= 4 is 5.97 Å². The van der Waals surface area contributed by atoms with Crippen LogP contribution in [0.15, 0.2) is 12.2 Å². The Balaban J connectivity index is 2.31. The Morgan fingerprint density at radius 3 is 2.67 bits per heavy atom. The van der Waals surface area contributed by atoms with E-state index in [2.05, 4.69) is 6.08 Å². The lowest BCUT2D eigenvalue weighted by Gasteiger charge is -2.29. The minimum absolute atomic E-state index is 0.0880. The molecule has 0 aromatic carbocycles. The highest BCUT2D eigenvalue weighted by molar-refractivity contribution is 5.79. The highest BCUT2D eigenvalue weighted by Crippen LogP contribution is 2.48. The lowest BCUT2D eigenvalue weighted by atomic mass is 9.88. The molecule has 2 bridgehead atoms. The molecule has 12 heavy (non-hydrogen) atoms. The average molecular weight is 168 g/mol. The van der Waals surface area contributed by atoms with Crippen LogP contribution in [0, 0.1) is 11.8 Å². The van der Waals surface area contributed by atoms with Crippen LogP contribution >= 0.6 is 0 Å². The molecule has 0 aromatic heterocycles. The molecule has 2 aliphatic carbocycles. The first-order valence-electron chi connectivity index (χ1n) is 4.16. The average Bonchev–Trinajstić information content (AvgIpc) is 2.62. The van der Waals surface area contributed by atoms with Crippen LogP contribution < -0.4 is 0 Å². The van der Waals surface area contributed by atoms with Gasteiger partial charge in [-0.15, -0.1) is 0 Å². The highest BCUT2D eigenvalue weighted by Gasteiger charge is 2.54. The Kier molecular flexibility index (Phi) is 1.51. The summed E-state index contributed by atoms with van der Waals surface area (Å²) in [7, 11) is 1.49. The first-order valence-corrected chi connectivity index (χ1v) is 4.16.